The summed E-state index contributed by atoms with van der Waals surface area (Å²) in [5, 5.41) is 2.14. The minimum absolute atomic E-state index is 0.0663. The molecular formula is C12H18BrNS. The van der Waals surface area contributed by atoms with Crippen LogP contribution in [0.25, 0.3) is 0 Å². The Morgan fingerprint density at radius 2 is 2.20 bits per heavy atom. The quantitative estimate of drug-likeness (QED) is 0.875. The van der Waals surface area contributed by atoms with E-state index in [1.54, 1.807) is 0 Å². The van der Waals surface area contributed by atoms with Gasteiger partial charge in [-0.15, -0.1) is 11.3 Å². The molecule has 1 aliphatic carbocycles. The van der Waals surface area contributed by atoms with E-state index in [-0.39, 0.29) is 5.54 Å². The molecule has 0 atom stereocenters. The third-order valence-corrected chi connectivity index (χ3v) is 5.12. The average Bonchev–Trinajstić information content (AvgIpc) is 2.57. The van der Waals surface area contributed by atoms with Crippen LogP contribution in [-0.2, 0) is 6.42 Å². The third kappa shape index (κ3) is 3.05. The highest BCUT2D eigenvalue weighted by Crippen LogP contribution is 2.34. The lowest BCUT2D eigenvalue weighted by Crippen LogP contribution is -2.44. The fourth-order valence-electron chi connectivity index (χ4n) is 2.31. The molecule has 2 N–H and O–H groups in total. The number of halogens is 1. The first-order chi connectivity index (χ1) is 7.07. The smallest absolute Gasteiger partial charge is 0.0285 e. The fourth-order valence-corrected chi connectivity index (χ4v) is 3.91. The van der Waals surface area contributed by atoms with Crippen molar-refractivity contribution in [3.63, 3.8) is 0 Å². The molecule has 0 aliphatic heterocycles. The molecule has 0 amide bonds. The van der Waals surface area contributed by atoms with Crippen molar-refractivity contribution < 1.29 is 0 Å². The molecule has 1 fully saturated rings. The molecule has 1 saturated carbocycles. The van der Waals surface area contributed by atoms with Gasteiger partial charge in [0.25, 0.3) is 0 Å². The maximum atomic E-state index is 6.45. The van der Waals surface area contributed by atoms with Gasteiger partial charge in [-0.1, -0.05) is 6.92 Å². The minimum atomic E-state index is 0.0663. The largest absolute Gasteiger partial charge is 0.325 e. The van der Waals surface area contributed by atoms with Crippen molar-refractivity contribution in [1.82, 2.24) is 0 Å². The first kappa shape index (κ1) is 11.6. The van der Waals surface area contributed by atoms with Crippen LogP contribution in [0.3, 0.4) is 0 Å². The van der Waals surface area contributed by atoms with Crippen molar-refractivity contribution in [2.45, 2.75) is 44.6 Å². The van der Waals surface area contributed by atoms with E-state index in [1.807, 2.05) is 11.3 Å². The zero-order chi connectivity index (χ0) is 10.9. The topological polar surface area (TPSA) is 26.0 Å². The normalized spacial score (nSPS) is 31.8. The SMILES string of the molecule is CC1CCC(N)(Cc2cc(Br)cs2)CC1. The number of thiophene rings is 1. The van der Waals surface area contributed by atoms with Crippen LogP contribution in [0.15, 0.2) is 15.9 Å². The van der Waals surface area contributed by atoms with E-state index in [1.165, 1.54) is 35.0 Å². The van der Waals surface area contributed by atoms with Gasteiger partial charge in [-0.2, -0.15) is 0 Å². The molecule has 1 nitrogen and oxygen atoms in total. The van der Waals surface area contributed by atoms with Crippen molar-refractivity contribution in [3.05, 3.63) is 20.8 Å². The van der Waals surface area contributed by atoms with Crippen molar-refractivity contribution in [1.29, 1.82) is 0 Å². The van der Waals surface area contributed by atoms with Crippen LogP contribution < -0.4 is 5.73 Å². The summed E-state index contributed by atoms with van der Waals surface area (Å²) in [5.41, 5.74) is 6.52. The molecule has 1 heterocycles. The number of nitrogens with two attached hydrogens (primary N) is 1. The predicted molar refractivity (Wildman–Crippen MR) is 70.3 cm³/mol. The zero-order valence-corrected chi connectivity index (χ0v) is 11.5. The van der Waals surface area contributed by atoms with Gasteiger partial charge in [-0.3, -0.25) is 0 Å². The average molecular weight is 288 g/mol. The summed E-state index contributed by atoms with van der Waals surface area (Å²) in [4.78, 5) is 1.42. The molecule has 0 aromatic carbocycles. The second-order valence-electron chi connectivity index (χ2n) is 4.95. The van der Waals surface area contributed by atoms with Gasteiger partial charge in [-0.25, -0.2) is 0 Å². The lowest BCUT2D eigenvalue weighted by molar-refractivity contribution is 0.245. The summed E-state index contributed by atoms with van der Waals surface area (Å²) in [5.74, 6) is 0.872. The molecule has 3 heteroatoms. The van der Waals surface area contributed by atoms with Crippen molar-refractivity contribution in [2.75, 3.05) is 0 Å². The van der Waals surface area contributed by atoms with Crippen molar-refractivity contribution >= 4 is 27.3 Å². The van der Waals surface area contributed by atoms with Crippen LogP contribution in [0.4, 0.5) is 0 Å². The maximum Gasteiger partial charge on any atom is 0.0285 e. The molecule has 0 spiro atoms. The molecule has 1 aromatic rings. The fraction of sp³-hybridized carbons (Fsp3) is 0.667. The van der Waals surface area contributed by atoms with Gasteiger partial charge in [0, 0.05) is 20.3 Å². The maximum absolute atomic E-state index is 6.45. The second kappa shape index (κ2) is 4.56. The summed E-state index contributed by atoms with van der Waals surface area (Å²) < 4.78 is 1.19. The van der Waals surface area contributed by atoms with Crippen molar-refractivity contribution in [2.24, 2.45) is 11.7 Å². The summed E-state index contributed by atoms with van der Waals surface area (Å²) in [6.07, 6.45) is 6.01. The van der Waals surface area contributed by atoms with Gasteiger partial charge in [-0.05, 0) is 60.0 Å². The van der Waals surface area contributed by atoms with E-state index < -0.39 is 0 Å². The molecule has 84 valence electrons. The van der Waals surface area contributed by atoms with E-state index in [4.69, 9.17) is 5.73 Å². The van der Waals surface area contributed by atoms with E-state index in [9.17, 15) is 0 Å². The lowest BCUT2D eigenvalue weighted by atomic mass is 9.76. The van der Waals surface area contributed by atoms with Crippen molar-refractivity contribution in [3.8, 4) is 0 Å². The highest BCUT2D eigenvalue weighted by Gasteiger charge is 2.30. The van der Waals surface area contributed by atoms with Gasteiger partial charge in [0.2, 0.25) is 0 Å². The van der Waals surface area contributed by atoms with Crippen LogP contribution in [0.2, 0.25) is 0 Å². The Bertz CT molecular complexity index is 326. The van der Waals surface area contributed by atoms with Crippen LogP contribution in [0.1, 0.15) is 37.5 Å². The first-order valence-electron chi connectivity index (χ1n) is 5.59. The molecule has 0 radical (unpaired) electrons. The molecule has 1 aliphatic rings. The summed E-state index contributed by atoms with van der Waals surface area (Å²) in [7, 11) is 0. The third-order valence-electron chi connectivity index (χ3n) is 3.42. The highest BCUT2D eigenvalue weighted by atomic mass is 79.9. The molecular weight excluding hydrogens is 270 g/mol. The van der Waals surface area contributed by atoms with E-state index in [2.05, 4.69) is 34.3 Å². The predicted octanol–water partition coefficient (Wildman–Crippen LogP) is 3.96. The molecule has 15 heavy (non-hydrogen) atoms. The van der Waals surface area contributed by atoms with Gasteiger partial charge >= 0.3 is 0 Å². The van der Waals surface area contributed by atoms with Crippen LogP contribution in [0.5, 0.6) is 0 Å². The molecule has 2 rings (SSSR count). The van der Waals surface area contributed by atoms with E-state index in [0.717, 1.165) is 12.3 Å². The van der Waals surface area contributed by atoms with Gasteiger partial charge in [0.05, 0.1) is 0 Å². The Balaban J connectivity index is 1.99. The summed E-state index contributed by atoms with van der Waals surface area (Å²) >= 11 is 5.31. The summed E-state index contributed by atoms with van der Waals surface area (Å²) in [6.45, 7) is 2.33. The van der Waals surface area contributed by atoms with E-state index >= 15 is 0 Å². The molecule has 0 unspecified atom stereocenters. The van der Waals surface area contributed by atoms with Gasteiger partial charge in [0.15, 0.2) is 0 Å². The number of hydrogen-bond acceptors (Lipinski definition) is 2. The number of rotatable bonds is 2. The second-order valence-corrected chi connectivity index (χ2v) is 6.86. The monoisotopic (exact) mass is 287 g/mol. The Labute approximate surface area is 104 Å². The highest BCUT2D eigenvalue weighted by molar-refractivity contribution is 9.10. The van der Waals surface area contributed by atoms with Crippen LogP contribution in [0, 0.1) is 5.92 Å². The first-order valence-corrected chi connectivity index (χ1v) is 7.26. The molecule has 0 saturated heterocycles. The van der Waals surface area contributed by atoms with Crippen LogP contribution >= 0.6 is 27.3 Å². The molecule has 1 aromatic heterocycles. The summed E-state index contributed by atoms with van der Waals surface area (Å²) in [6, 6.07) is 2.21. The Kier molecular flexibility index (Phi) is 3.53. The van der Waals surface area contributed by atoms with E-state index in [0.29, 0.717) is 0 Å². The van der Waals surface area contributed by atoms with Gasteiger partial charge in [0.1, 0.15) is 0 Å². The lowest BCUT2D eigenvalue weighted by Gasteiger charge is -2.35. The number of hydrogen-bond donors (Lipinski definition) is 1. The zero-order valence-electron chi connectivity index (χ0n) is 9.13. The van der Waals surface area contributed by atoms with Gasteiger partial charge < -0.3 is 5.73 Å². The standard InChI is InChI=1S/C12H18BrNS/c1-9-2-4-12(14,5-3-9)7-11-6-10(13)8-15-11/h6,8-9H,2-5,7,14H2,1H3. The Morgan fingerprint density at radius 1 is 1.53 bits per heavy atom. The van der Waals surface area contributed by atoms with Crippen LogP contribution in [-0.4, -0.2) is 5.54 Å². The molecule has 0 bridgehead atoms. The Morgan fingerprint density at radius 3 is 2.73 bits per heavy atom. The Hall–Kier alpha value is 0.140. The minimum Gasteiger partial charge on any atom is -0.325 e.